The molecule has 0 saturated carbocycles. The van der Waals surface area contributed by atoms with E-state index >= 15 is 0 Å². The Hall–Kier alpha value is -1.46. The van der Waals surface area contributed by atoms with Crippen molar-refractivity contribution in [3.63, 3.8) is 0 Å². The molecular weight excluding hydrogens is 269 g/mol. The van der Waals surface area contributed by atoms with Gasteiger partial charge in [0, 0.05) is 13.0 Å². The van der Waals surface area contributed by atoms with Crippen LogP contribution in [0.25, 0.3) is 0 Å². The van der Waals surface area contributed by atoms with Gasteiger partial charge in [-0.2, -0.15) is 5.10 Å². The van der Waals surface area contributed by atoms with Crippen LogP contribution in [0.4, 0.5) is 4.39 Å². The molecule has 0 amide bonds. The fourth-order valence-electron chi connectivity index (χ4n) is 1.86. The second-order valence-corrected chi connectivity index (χ2v) is 4.70. The quantitative estimate of drug-likeness (QED) is 0.918. The largest absolute Gasteiger partial charge is 0.388 e. The van der Waals surface area contributed by atoms with Crippen LogP contribution in [0.3, 0.4) is 0 Å². The fourth-order valence-corrected chi connectivity index (χ4v) is 1.97. The van der Waals surface area contributed by atoms with Gasteiger partial charge in [-0.3, -0.25) is 4.68 Å². The lowest BCUT2D eigenvalue weighted by Crippen LogP contribution is -2.10. The Bertz CT molecular complexity index is 559. The number of hydrogen-bond acceptors (Lipinski definition) is 3. The van der Waals surface area contributed by atoms with E-state index in [0.717, 1.165) is 13.0 Å². The number of hydrogen-bond donors (Lipinski definition) is 1. The second-order valence-electron chi connectivity index (χ2n) is 4.29. The maximum atomic E-state index is 13.3. The van der Waals surface area contributed by atoms with Gasteiger partial charge in [-0.1, -0.05) is 24.6 Å². The molecule has 0 aliphatic rings. The van der Waals surface area contributed by atoms with Crippen LogP contribution in [0.15, 0.2) is 24.5 Å². The van der Waals surface area contributed by atoms with E-state index in [1.54, 1.807) is 10.7 Å². The van der Waals surface area contributed by atoms with Gasteiger partial charge in [0.05, 0.1) is 11.1 Å². The summed E-state index contributed by atoms with van der Waals surface area (Å²) < 4.78 is 15.1. The third-order valence-electron chi connectivity index (χ3n) is 2.84. The van der Waals surface area contributed by atoms with Gasteiger partial charge in [0.15, 0.2) is 0 Å². The Kier molecular flexibility index (Phi) is 4.50. The number of nitrogens with zero attached hydrogens (tertiary/aromatic N) is 3. The lowest BCUT2D eigenvalue weighted by molar-refractivity contribution is 0.173. The van der Waals surface area contributed by atoms with Gasteiger partial charge in [0.1, 0.15) is 18.0 Å². The summed E-state index contributed by atoms with van der Waals surface area (Å²) in [4.78, 5) is 4.11. The zero-order valence-electron chi connectivity index (χ0n) is 10.6. The van der Waals surface area contributed by atoms with Crippen LogP contribution in [0, 0.1) is 5.82 Å². The molecule has 4 nitrogen and oxygen atoms in total. The predicted octanol–water partition coefficient (Wildman–Crippen LogP) is 2.76. The molecule has 0 fully saturated rings. The Labute approximate surface area is 115 Å². The van der Waals surface area contributed by atoms with E-state index in [1.807, 2.05) is 6.92 Å². The lowest BCUT2D eigenvalue weighted by Gasteiger charge is -2.12. The monoisotopic (exact) mass is 283 g/mol. The molecule has 1 atom stereocenters. The molecule has 6 heteroatoms. The molecule has 2 rings (SSSR count). The first-order valence-electron chi connectivity index (χ1n) is 6.11. The summed E-state index contributed by atoms with van der Waals surface area (Å²) >= 11 is 5.61. The Balaban J connectivity index is 2.13. The van der Waals surface area contributed by atoms with E-state index in [9.17, 15) is 9.50 Å². The first-order valence-corrected chi connectivity index (χ1v) is 6.49. The number of aliphatic hydroxyl groups excluding tert-OH is 1. The topological polar surface area (TPSA) is 50.9 Å². The number of aryl methyl sites for hydroxylation is 1. The maximum Gasteiger partial charge on any atom is 0.142 e. The molecular formula is C13H15ClFN3O. The summed E-state index contributed by atoms with van der Waals surface area (Å²) in [5, 5.41) is 14.2. The molecule has 0 aliphatic carbocycles. The van der Waals surface area contributed by atoms with Gasteiger partial charge in [0.25, 0.3) is 0 Å². The molecule has 0 radical (unpaired) electrons. The summed E-state index contributed by atoms with van der Waals surface area (Å²) in [6.07, 6.45) is 1.86. The summed E-state index contributed by atoms with van der Waals surface area (Å²) in [5.41, 5.74) is 0.480. The molecule has 1 aromatic heterocycles. The smallest absolute Gasteiger partial charge is 0.142 e. The number of aliphatic hydroxyl groups is 1. The highest BCUT2D eigenvalue weighted by atomic mass is 35.5. The molecule has 0 aliphatic heterocycles. The zero-order valence-corrected chi connectivity index (χ0v) is 11.3. The third kappa shape index (κ3) is 3.30. The summed E-state index contributed by atoms with van der Waals surface area (Å²) in [6.45, 7) is 2.79. The van der Waals surface area contributed by atoms with Crippen molar-refractivity contribution in [2.24, 2.45) is 0 Å². The van der Waals surface area contributed by atoms with Crippen LogP contribution < -0.4 is 0 Å². The molecule has 1 unspecified atom stereocenters. The van der Waals surface area contributed by atoms with Crippen molar-refractivity contribution < 1.29 is 9.50 Å². The van der Waals surface area contributed by atoms with Crippen LogP contribution in [0.2, 0.25) is 5.02 Å². The summed E-state index contributed by atoms with van der Waals surface area (Å²) in [5.74, 6) is 0.151. The lowest BCUT2D eigenvalue weighted by atomic mass is 10.1. The molecule has 2 aromatic rings. The Morgan fingerprint density at radius 2 is 2.26 bits per heavy atom. The summed E-state index contributed by atoms with van der Waals surface area (Å²) in [7, 11) is 0. The van der Waals surface area contributed by atoms with Crippen molar-refractivity contribution in [3.05, 3.63) is 46.8 Å². The van der Waals surface area contributed by atoms with Crippen molar-refractivity contribution in [2.75, 3.05) is 0 Å². The molecule has 1 N–H and O–H groups in total. The minimum atomic E-state index is -0.827. The van der Waals surface area contributed by atoms with Crippen LogP contribution >= 0.6 is 11.6 Å². The molecule has 0 spiro atoms. The maximum absolute atomic E-state index is 13.3. The minimum Gasteiger partial charge on any atom is -0.388 e. The van der Waals surface area contributed by atoms with Gasteiger partial charge in [-0.25, -0.2) is 9.37 Å². The predicted molar refractivity (Wildman–Crippen MR) is 70.4 cm³/mol. The van der Waals surface area contributed by atoms with Crippen molar-refractivity contribution in [1.29, 1.82) is 0 Å². The number of rotatable bonds is 5. The van der Waals surface area contributed by atoms with E-state index in [1.165, 1.54) is 18.5 Å². The highest BCUT2D eigenvalue weighted by Crippen LogP contribution is 2.22. The van der Waals surface area contributed by atoms with Crippen LogP contribution in [-0.2, 0) is 13.0 Å². The first-order chi connectivity index (χ1) is 9.11. The number of halogens is 2. The van der Waals surface area contributed by atoms with Crippen LogP contribution in [0.5, 0.6) is 0 Å². The van der Waals surface area contributed by atoms with Gasteiger partial charge >= 0.3 is 0 Å². The van der Waals surface area contributed by atoms with E-state index in [4.69, 9.17) is 11.6 Å². The molecule has 1 aromatic carbocycles. The second kappa shape index (κ2) is 6.12. The third-order valence-corrected chi connectivity index (χ3v) is 3.14. The van der Waals surface area contributed by atoms with E-state index < -0.39 is 11.9 Å². The summed E-state index contributed by atoms with van der Waals surface area (Å²) in [6, 6.07) is 4.29. The molecule has 19 heavy (non-hydrogen) atoms. The van der Waals surface area contributed by atoms with Crippen molar-refractivity contribution in [1.82, 2.24) is 14.8 Å². The molecule has 1 heterocycles. The van der Waals surface area contributed by atoms with Gasteiger partial charge < -0.3 is 5.11 Å². The Morgan fingerprint density at radius 1 is 1.47 bits per heavy atom. The van der Waals surface area contributed by atoms with E-state index in [0.29, 0.717) is 17.8 Å². The minimum absolute atomic E-state index is 0.0464. The first kappa shape index (κ1) is 14.0. The molecule has 0 saturated heterocycles. The number of aromatic nitrogens is 3. The zero-order chi connectivity index (χ0) is 13.8. The van der Waals surface area contributed by atoms with Gasteiger partial charge in [-0.05, 0) is 24.1 Å². The highest BCUT2D eigenvalue weighted by Gasteiger charge is 2.14. The van der Waals surface area contributed by atoms with E-state index in [-0.39, 0.29) is 5.02 Å². The van der Waals surface area contributed by atoms with Crippen molar-refractivity contribution >= 4 is 11.6 Å². The molecule has 0 bridgehead atoms. The van der Waals surface area contributed by atoms with Gasteiger partial charge in [-0.15, -0.1) is 0 Å². The average molecular weight is 284 g/mol. The standard InChI is InChI=1S/C13H15ClFN3O/c1-2-5-18-13(16-8-17-18)7-12(19)9-3-4-10(14)11(15)6-9/h3-4,6,8,12,19H,2,5,7H2,1H3. The van der Waals surface area contributed by atoms with Gasteiger partial charge in [0.2, 0.25) is 0 Å². The highest BCUT2D eigenvalue weighted by molar-refractivity contribution is 6.30. The normalized spacial score (nSPS) is 12.6. The van der Waals surface area contributed by atoms with Crippen LogP contribution in [-0.4, -0.2) is 19.9 Å². The van der Waals surface area contributed by atoms with Crippen molar-refractivity contribution in [2.45, 2.75) is 32.4 Å². The Morgan fingerprint density at radius 3 is 2.95 bits per heavy atom. The number of benzene rings is 1. The van der Waals surface area contributed by atoms with E-state index in [2.05, 4.69) is 10.1 Å². The average Bonchev–Trinajstić information content (AvgIpc) is 2.80. The van der Waals surface area contributed by atoms with Crippen LogP contribution in [0.1, 0.15) is 30.8 Å². The fraction of sp³-hybridized carbons (Fsp3) is 0.385. The molecule has 102 valence electrons. The van der Waals surface area contributed by atoms with Crippen molar-refractivity contribution in [3.8, 4) is 0 Å². The SMILES string of the molecule is CCCn1ncnc1CC(O)c1ccc(Cl)c(F)c1.